The molecule has 0 unspecified atom stereocenters. The zero-order valence-electron chi connectivity index (χ0n) is 13.9. The lowest BCUT2D eigenvalue weighted by atomic mass is 9.80. The van der Waals surface area contributed by atoms with Crippen molar-refractivity contribution in [2.45, 2.75) is 45.6 Å². The van der Waals surface area contributed by atoms with Gasteiger partial charge in [-0.15, -0.1) is 6.42 Å². The maximum absolute atomic E-state index is 11.6. The van der Waals surface area contributed by atoms with Crippen molar-refractivity contribution in [3.05, 3.63) is 16.8 Å². The van der Waals surface area contributed by atoms with E-state index in [9.17, 15) is 4.79 Å². The first kappa shape index (κ1) is 17.9. The number of terminal acetylenes is 1. The highest BCUT2D eigenvalue weighted by atomic mass is 35.5. The Morgan fingerprint density at radius 2 is 2.24 bits per heavy atom. The number of hydrogen-bond donors (Lipinski definition) is 0. The summed E-state index contributed by atoms with van der Waals surface area (Å²) < 4.78 is 13.3. The van der Waals surface area contributed by atoms with Crippen molar-refractivity contribution in [1.29, 1.82) is 0 Å². The number of carbonyl (C=O) groups is 1. The summed E-state index contributed by atoms with van der Waals surface area (Å²) >= 11 is 12.0. The molecule has 2 aromatic rings. The van der Waals surface area contributed by atoms with Gasteiger partial charge in [0.25, 0.3) is 0 Å². The van der Waals surface area contributed by atoms with Crippen LogP contribution in [0.1, 0.15) is 33.4 Å². The molecule has 132 valence electrons. The van der Waals surface area contributed by atoms with E-state index in [1.165, 1.54) is 13.3 Å². The molecule has 25 heavy (non-hydrogen) atoms. The highest BCUT2D eigenvalue weighted by Crippen LogP contribution is 2.47. The number of aromatic nitrogens is 4. The Hall–Kier alpha value is -1.88. The molecule has 0 amide bonds. The van der Waals surface area contributed by atoms with Gasteiger partial charge < -0.3 is 9.47 Å². The first-order valence-corrected chi connectivity index (χ1v) is 8.43. The number of esters is 1. The lowest BCUT2D eigenvalue weighted by molar-refractivity contribution is -0.154. The van der Waals surface area contributed by atoms with Crippen LogP contribution in [0.3, 0.4) is 0 Å². The summed E-state index contributed by atoms with van der Waals surface area (Å²) in [5, 5.41) is 0.107. The van der Waals surface area contributed by atoms with Crippen LogP contribution >= 0.6 is 23.2 Å². The van der Waals surface area contributed by atoms with Gasteiger partial charge in [-0.2, -0.15) is 4.98 Å². The number of rotatable bonds is 3. The fraction of sp³-hybridized carbons (Fsp3) is 0.500. The van der Waals surface area contributed by atoms with E-state index in [0.29, 0.717) is 17.6 Å². The van der Waals surface area contributed by atoms with Crippen LogP contribution in [0.15, 0.2) is 6.33 Å². The van der Waals surface area contributed by atoms with Crippen LogP contribution in [0, 0.1) is 17.8 Å². The van der Waals surface area contributed by atoms with Crippen molar-refractivity contribution in [3.63, 3.8) is 0 Å². The lowest BCUT2D eigenvalue weighted by Gasteiger charge is -2.29. The number of carbonyl (C=O) groups excluding carboxylic acids is 1. The molecule has 9 heteroatoms. The maximum Gasteiger partial charge on any atom is 0.303 e. The maximum atomic E-state index is 11.6. The smallest absolute Gasteiger partial charge is 0.303 e. The van der Waals surface area contributed by atoms with Crippen molar-refractivity contribution in [2.24, 2.45) is 5.41 Å². The number of hydrogen-bond acceptors (Lipinski definition) is 6. The van der Waals surface area contributed by atoms with E-state index < -0.39 is 23.7 Å². The molecule has 0 bridgehead atoms. The van der Waals surface area contributed by atoms with Gasteiger partial charge >= 0.3 is 5.97 Å². The van der Waals surface area contributed by atoms with Gasteiger partial charge in [-0.05, 0) is 24.9 Å². The van der Waals surface area contributed by atoms with Gasteiger partial charge in [0.05, 0.1) is 17.8 Å². The number of nitrogens with zero attached hydrogens (tertiary/aromatic N) is 4. The largest absolute Gasteiger partial charge is 0.456 e. The molecule has 7 nitrogen and oxygen atoms in total. The molecule has 0 N–H and O–H groups in total. The molecule has 1 fully saturated rings. The van der Waals surface area contributed by atoms with Crippen LogP contribution in [0.4, 0.5) is 0 Å². The Labute approximate surface area is 154 Å². The van der Waals surface area contributed by atoms with Gasteiger partial charge in [0, 0.05) is 6.92 Å². The summed E-state index contributed by atoms with van der Waals surface area (Å²) in [7, 11) is 0. The molecular formula is C16H16Cl2N4O3. The second kappa shape index (κ2) is 6.45. The summed E-state index contributed by atoms with van der Waals surface area (Å²) in [6, 6.07) is 0. The van der Waals surface area contributed by atoms with E-state index >= 15 is 0 Å². The second-order valence-electron chi connectivity index (χ2n) is 5.99. The van der Waals surface area contributed by atoms with Gasteiger partial charge in [-0.25, -0.2) is 9.97 Å². The van der Waals surface area contributed by atoms with E-state index in [1.807, 2.05) is 13.8 Å². The Morgan fingerprint density at radius 1 is 1.52 bits per heavy atom. The van der Waals surface area contributed by atoms with Gasteiger partial charge in [-0.1, -0.05) is 24.4 Å². The molecule has 1 aliphatic rings. The summed E-state index contributed by atoms with van der Waals surface area (Å²) in [6.45, 7) is 5.12. The van der Waals surface area contributed by atoms with E-state index in [0.717, 1.165) is 0 Å². The van der Waals surface area contributed by atoms with E-state index in [4.69, 9.17) is 39.1 Å². The Morgan fingerprint density at radius 3 is 2.84 bits per heavy atom. The molecule has 3 rings (SSSR count). The number of ether oxygens (including phenoxy) is 2. The first-order chi connectivity index (χ1) is 11.8. The third-order valence-electron chi connectivity index (χ3n) is 4.42. The Balaban J connectivity index is 2.15. The molecule has 0 spiro atoms. The van der Waals surface area contributed by atoms with Crippen molar-refractivity contribution < 1.29 is 14.3 Å². The summed E-state index contributed by atoms with van der Waals surface area (Å²) in [5.74, 6) is 2.29. The molecule has 0 aliphatic carbocycles. The highest BCUT2D eigenvalue weighted by Gasteiger charge is 2.55. The monoisotopic (exact) mass is 382 g/mol. The Bertz CT molecular complexity index is 878. The average molecular weight is 383 g/mol. The number of imidazole rings is 1. The normalized spacial score (nSPS) is 28.9. The molecule has 4 atom stereocenters. The predicted octanol–water partition coefficient (Wildman–Crippen LogP) is 3.01. The summed E-state index contributed by atoms with van der Waals surface area (Å²) in [4.78, 5) is 23.9. The summed E-state index contributed by atoms with van der Waals surface area (Å²) in [6.07, 6.45) is 6.18. The van der Waals surface area contributed by atoms with Crippen LogP contribution in [0.2, 0.25) is 10.4 Å². The van der Waals surface area contributed by atoms with Gasteiger partial charge in [0.2, 0.25) is 5.28 Å². The zero-order valence-corrected chi connectivity index (χ0v) is 15.4. The molecule has 0 saturated carbocycles. The fourth-order valence-electron chi connectivity index (χ4n) is 3.17. The van der Waals surface area contributed by atoms with Crippen LogP contribution in [-0.2, 0) is 14.3 Å². The third kappa shape index (κ3) is 2.84. The van der Waals surface area contributed by atoms with Crippen molar-refractivity contribution in [3.8, 4) is 12.3 Å². The van der Waals surface area contributed by atoms with Gasteiger partial charge in [0.15, 0.2) is 23.1 Å². The topological polar surface area (TPSA) is 79.1 Å². The minimum absolute atomic E-state index is 0.0203. The SMILES string of the molecule is C#C[C@@]1(C)[C@@H](CC)O[C@@H](n2cnc3c(Cl)nc(Cl)nc32)[C@@H]1OC(C)=O. The predicted molar refractivity (Wildman–Crippen MR) is 92.0 cm³/mol. The van der Waals surface area contributed by atoms with Crippen LogP contribution in [-0.4, -0.2) is 37.7 Å². The van der Waals surface area contributed by atoms with Crippen LogP contribution in [0.25, 0.3) is 11.2 Å². The van der Waals surface area contributed by atoms with Crippen molar-refractivity contribution in [2.75, 3.05) is 0 Å². The van der Waals surface area contributed by atoms with E-state index in [-0.39, 0.29) is 16.5 Å². The minimum atomic E-state index is -0.803. The second-order valence-corrected chi connectivity index (χ2v) is 6.68. The zero-order chi connectivity index (χ0) is 18.4. The van der Waals surface area contributed by atoms with Gasteiger partial charge in [-0.3, -0.25) is 9.36 Å². The van der Waals surface area contributed by atoms with E-state index in [1.54, 1.807) is 4.57 Å². The Kier molecular flexibility index (Phi) is 4.62. The minimum Gasteiger partial charge on any atom is -0.456 e. The highest BCUT2D eigenvalue weighted by molar-refractivity contribution is 6.35. The van der Waals surface area contributed by atoms with E-state index in [2.05, 4.69) is 20.9 Å². The van der Waals surface area contributed by atoms with Crippen molar-refractivity contribution in [1.82, 2.24) is 19.5 Å². The van der Waals surface area contributed by atoms with Crippen LogP contribution < -0.4 is 0 Å². The fourth-order valence-corrected chi connectivity index (χ4v) is 3.59. The third-order valence-corrected chi connectivity index (χ3v) is 4.86. The lowest BCUT2D eigenvalue weighted by Crippen LogP contribution is -2.39. The molecule has 3 heterocycles. The quantitative estimate of drug-likeness (QED) is 0.351. The standard InChI is InChI=1S/C16H16Cl2N4O3/c1-5-9-16(4,6-2)11(24-8(3)23)14(25-9)22-7-19-10-12(17)20-15(18)21-13(10)22/h2,7,9,11,14H,5H2,1,3-4H3/t9-,11+,14-,16+/m1/s1. The van der Waals surface area contributed by atoms with Crippen molar-refractivity contribution >= 4 is 40.3 Å². The molecule has 0 aromatic carbocycles. The number of halogens is 2. The van der Waals surface area contributed by atoms with Gasteiger partial charge in [0.1, 0.15) is 5.52 Å². The number of fused-ring (bicyclic) bond motifs is 1. The van der Waals surface area contributed by atoms with Crippen LogP contribution in [0.5, 0.6) is 0 Å². The molecule has 1 saturated heterocycles. The average Bonchev–Trinajstić information content (AvgIpc) is 3.07. The molecule has 0 radical (unpaired) electrons. The summed E-state index contributed by atoms with van der Waals surface area (Å²) in [5.41, 5.74) is -0.0515. The molecule has 1 aliphatic heterocycles. The first-order valence-electron chi connectivity index (χ1n) is 7.67. The molecular weight excluding hydrogens is 367 g/mol. The molecule has 2 aromatic heterocycles.